The number of carbonyl (C=O) groups excluding carboxylic acids is 1. The Labute approximate surface area is 84.5 Å². The van der Waals surface area contributed by atoms with Gasteiger partial charge in [0.1, 0.15) is 19.0 Å². The second kappa shape index (κ2) is 5.32. The Morgan fingerprint density at radius 3 is 2.86 bits per heavy atom. The molecule has 1 fully saturated rings. The topological polar surface area (TPSA) is 44.8 Å². The van der Waals surface area contributed by atoms with Crippen LogP contribution in [0.4, 0.5) is 0 Å². The summed E-state index contributed by atoms with van der Waals surface area (Å²) in [5, 5.41) is 0. The van der Waals surface area contributed by atoms with E-state index in [0.29, 0.717) is 12.3 Å². The monoisotopic (exact) mass is 202 g/mol. The van der Waals surface area contributed by atoms with Gasteiger partial charge in [-0.25, -0.2) is 0 Å². The smallest absolute Gasteiger partial charge is 0.308 e. The molecule has 1 aliphatic rings. The fourth-order valence-corrected chi connectivity index (χ4v) is 1.57. The molecule has 0 N–H and O–H groups in total. The highest BCUT2D eigenvalue weighted by Gasteiger charge is 2.35. The van der Waals surface area contributed by atoms with Crippen molar-refractivity contribution in [2.45, 2.75) is 38.9 Å². The first-order valence-electron chi connectivity index (χ1n) is 4.93. The third kappa shape index (κ3) is 3.27. The van der Waals surface area contributed by atoms with E-state index in [-0.39, 0.29) is 25.0 Å². The van der Waals surface area contributed by atoms with Crippen molar-refractivity contribution in [3.05, 3.63) is 0 Å². The molecule has 0 saturated carbocycles. The van der Waals surface area contributed by atoms with Crippen LogP contribution in [0, 0.1) is 5.92 Å². The van der Waals surface area contributed by atoms with Gasteiger partial charge in [0.2, 0.25) is 0 Å². The first kappa shape index (κ1) is 11.5. The molecule has 1 rings (SSSR count). The average Bonchev–Trinajstić information content (AvgIpc) is 2.41. The quantitative estimate of drug-likeness (QED) is 0.498. The van der Waals surface area contributed by atoms with E-state index < -0.39 is 0 Å². The third-order valence-corrected chi connectivity index (χ3v) is 2.17. The molecule has 0 amide bonds. The number of esters is 1. The first-order valence-corrected chi connectivity index (χ1v) is 4.93. The molecule has 1 saturated heterocycles. The molecule has 14 heavy (non-hydrogen) atoms. The maximum Gasteiger partial charge on any atom is 0.308 e. The molecule has 0 aromatic heterocycles. The highest BCUT2D eigenvalue weighted by Crippen LogP contribution is 2.23. The lowest BCUT2D eigenvalue weighted by molar-refractivity contribution is -0.143. The number of rotatable bonds is 5. The molecule has 0 aliphatic carbocycles. The Morgan fingerprint density at radius 2 is 2.29 bits per heavy atom. The van der Waals surface area contributed by atoms with E-state index in [2.05, 4.69) is 13.8 Å². The van der Waals surface area contributed by atoms with Crippen LogP contribution in [0.2, 0.25) is 0 Å². The Balaban J connectivity index is 2.41. The minimum absolute atomic E-state index is 0.0994. The van der Waals surface area contributed by atoms with Crippen molar-refractivity contribution < 1.29 is 19.0 Å². The van der Waals surface area contributed by atoms with Gasteiger partial charge in [-0.1, -0.05) is 13.8 Å². The number of hydrogen-bond donors (Lipinski definition) is 0. The van der Waals surface area contributed by atoms with Crippen LogP contribution in [-0.2, 0) is 19.0 Å². The maximum absolute atomic E-state index is 11.1. The van der Waals surface area contributed by atoms with Crippen molar-refractivity contribution in [1.82, 2.24) is 0 Å². The van der Waals surface area contributed by atoms with Crippen LogP contribution in [0.3, 0.4) is 0 Å². The summed E-state index contributed by atoms with van der Waals surface area (Å²) in [6, 6.07) is 0. The van der Waals surface area contributed by atoms with Gasteiger partial charge in [0.15, 0.2) is 0 Å². The zero-order valence-corrected chi connectivity index (χ0v) is 8.99. The zero-order valence-electron chi connectivity index (χ0n) is 8.99. The fraction of sp³-hybridized carbons (Fsp3) is 0.900. The molecule has 0 unspecified atom stereocenters. The van der Waals surface area contributed by atoms with Gasteiger partial charge in [-0.3, -0.25) is 4.79 Å². The maximum atomic E-state index is 11.1. The largest absolute Gasteiger partial charge is 0.459 e. The van der Waals surface area contributed by atoms with Gasteiger partial charge in [0.25, 0.3) is 0 Å². The van der Waals surface area contributed by atoms with Crippen LogP contribution >= 0.6 is 0 Å². The summed E-state index contributed by atoms with van der Waals surface area (Å²) in [6.45, 7) is 4.41. The zero-order chi connectivity index (χ0) is 10.6. The van der Waals surface area contributed by atoms with Gasteiger partial charge in [-0.05, 0) is 12.3 Å². The first-order chi connectivity index (χ1) is 6.63. The van der Waals surface area contributed by atoms with E-state index in [1.54, 1.807) is 7.11 Å². The average molecular weight is 202 g/mol. The number of ether oxygens (including phenoxy) is 3. The SMILES string of the molecule is COCO[C@H]1CC(=O)O[C@@H]1CC(C)C. The van der Waals surface area contributed by atoms with E-state index in [1.807, 2.05) is 0 Å². The second-order valence-electron chi connectivity index (χ2n) is 3.97. The molecule has 2 atom stereocenters. The van der Waals surface area contributed by atoms with Crippen molar-refractivity contribution in [2.75, 3.05) is 13.9 Å². The summed E-state index contributed by atoms with van der Waals surface area (Å²) in [5.41, 5.74) is 0. The number of hydrogen-bond acceptors (Lipinski definition) is 4. The Kier molecular flexibility index (Phi) is 4.35. The van der Waals surface area contributed by atoms with E-state index in [0.717, 1.165) is 6.42 Å². The molecule has 82 valence electrons. The predicted molar refractivity (Wildman–Crippen MR) is 50.7 cm³/mol. The summed E-state index contributed by atoms with van der Waals surface area (Å²) in [7, 11) is 1.56. The highest BCUT2D eigenvalue weighted by molar-refractivity contribution is 5.72. The second-order valence-corrected chi connectivity index (χ2v) is 3.97. The van der Waals surface area contributed by atoms with Crippen molar-refractivity contribution in [3.8, 4) is 0 Å². The van der Waals surface area contributed by atoms with Crippen molar-refractivity contribution in [2.24, 2.45) is 5.92 Å². The van der Waals surface area contributed by atoms with E-state index in [1.165, 1.54) is 0 Å². The van der Waals surface area contributed by atoms with Crippen LogP contribution < -0.4 is 0 Å². The molecular formula is C10H18O4. The third-order valence-electron chi connectivity index (χ3n) is 2.17. The van der Waals surface area contributed by atoms with Gasteiger partial charge in [0, 0.05) is 7.11 Å². The van der Waals surface area contributed by atoms with Gasteiger partial charge in [-0.15, -0.1) is 0 Å². The van der Waals surface area contributed by atoms with Crippen molar-refractivity contribution >= 4 is 5.97 Å². The van der Waals surface area contributed by atoms with Crippen LogP contribution in [-0.4, -0.2) is 32.1 Å². The van der Waals surface area contributed by atoms with E-state index in [4.69, 9.17) is 14.2 Å². The lowest BCUT2D eigenvalue weighted by atomic mass is 10.0. The highest BCUT2D eigenvalue weighted by atomic mass is 16.7. The van der Waals surface area contributed by atoms with Gasteiger partial charge < -0.3 is 14.2 Å². The Hall–Kier alpha value is -0.610. The minimum Gasteiger partial charge on any atom is -0.459 e. The number of cyclic esters (lactones) is 1. The Bertz CT molecular complexity index is 191. The molecule has 4 nitrogen and oxygen atoms in total. The van der Waals surface area contributed by atoms with Crippen LogP contribution in [0.25, 0.3) is 0 Å². The summed E-state index contributed by atoms with van der Waals surface area (Å²) >= 11 is 0. The molecule has 4 heteroatoms. The molecule has 0 radical (unpaired) electrons. The van der Waals surface area contributed by atoms with Gasteiger partial charge >= 0.3 is 5.97 Å². The molecular weight excluding hydrogens is 184 g/mol. The lowest BCUT2D eigenvalue weighted by Crippen LogP contribution is -2.26. The summed E-state index contributed by atoms with van der Waals surface area (Å²) in [4.78, 5) is 11.1. The van der Waals surface area contributed by atoms with Crippen LogP contribution in [0.15, 0.2) is 0 Å². The van der Waals surface area contributed by atoms with Crippen molar-refractivity contribution in [3.63, 3.8) is 0 Å². The molecule has 1 aliphatic heterocycles. The fourth-order valence-electron chi connectivity index (χ4n) is 1.57. The minimum atomic E-state index is -0.170. The van der Waals surface area contributed by atoms with Gasteiger partial charge in [-0.2, -0.15) is 0 Å². The summed E-state index contributed by atoms with van der Waals surface area (Å²) in [5.74, 6) is 0.330. The number of carbonyl (C=O) groups is 1. The molecule has 0 bridgehead atoms. The van der Waals surface area contributed by atoms with Crippen LogP contribution in [0.1, 0.15) is 26.7 Å². The van der Waals surface area contributed by atoms with E-state index >= 15 is 0 Å². The van der Waals surface area contributed by atoms with Crippen LogP contribution in [0.5, 0.6) is 0 Å². The molecule has 1 heterocycles. The number of methoxy groups -OCH3 is 1. The van der Waals surface area contributed by atoms with E-state index in [9.17, 15) is 4.79 Å². The normalized spacial score (nSPS) is 27.0. The summed E-state index contributed by atoms with van der Waals surface area (Å²) < 4.78 is 15.3. The summed E-state index contributed by atoms with van der Waals surface area (Å²) in [6.07, 6.45) is 0.962. The lowest BCUT2D eigenvalue weighted by Gasteiger charge is -2.19. The van der Waals surface area contributed by atoms with Gasteiger partial charge in [0.05, 0.1) is 6.42 Å². The molecule has 0 spiro atoms. The Morgan fingerprint density at radius 1 is 1.57 bits per heavy atom. The standard InChI is InChI=1S/C10H18O4/c1-7(2)4-9-8(13-6-12-3)5-10(11)14-9/h7-9H,4-6H2,1-3H3/t8-,9+/m0/s1. The van der Waals surface area contributed by atoms with Crippen molar-refractivity contribution in [1.29, 1.82) is 0 Å². The molecule has 0 aromatic rings. The predicted octanol–water partition coefficient (Wildman–Crippen LogP) is 1.34. The molecule has 0 aromatic carbocycles.